The zero-order valence-electron chi connectivity index (χ0n) is 17.9. The largest absolute Gasteiger partial charge is 0.497 e. The monoisotopic (exact) mass is 438 g/mol. The third-order valence-electron chi connectivity index (χ3n) is 5.67. The number of benzene rings is 2. The topological polar surface area (TPSA) is 43.7 Å². The zero-order valence-corrected chi connectivity index (χ0v) is 18.7. The van der Waals surface area contributed by atoms with Gasteiger partial charge in [-0.25, -0.2) is 0 Å². The maximum atomic E-state index is 12.0. The summed E-state index contributed by atoms with van der Waals surface area (Å²) in [6.07, 6.45) is 3.06. The van der Waals surface area contributed by atoms with Gasteiger partial charge in [0.15, 0.2) is 0 Å². The lowest BCUT2D eigenvalue weighted by atomic mass is 9.98. The van der Waals surface area contributed by atoms with E-state index in [1.165, 1.54) is 16.8 Å². The highest BCUT2D eigenvalue weighted by Gasteiger charge is 2.26. The van der Waals surface area contributed by atoms with Gasteiger partial charge in [0.2, 0.25) is 0 Å². The van der Waals surface area contributed by atoms with Gasteiger partial charge in [-0.05, 0) is 36.2 Å². The van der Waals surface area contributed by atoms with Gasteiger partial charge in [-0.2, -0.15) is 0 Å². The van der Waals surface area contributed by atoms with Crippen LogP contribution in [0.4, 0.5) is 0 Å². The fourth-order valence-electron chi connectivity index (χ4n) is 4.20. The van der Waals surface area contributed by atoms with E-state index >= 15 is 0 Å². The molecular weight excluding hydrogens is 412 g/mol. The van der Waals surface area contributed by atoms with Crippen molar-refractivity contribution in [3.05, 3.63) is 76.6 Å². The number of halogens is 1. The molecule has 0 fully saturated rings. The highest BCUT2D eigenvalue weighted by molar-refractivity contribution is 6.33. The molecule has 0 unspecified atom stereocenters. The van der Waals surface area contributed by atoms with Gasteiger partial charge in [-0.15, -0.1) is 0 Å². The molecule has 0 radical (unpaired) electrons. The van der Waals surface area contributed by atoms with Gasteiger partial charge < -0.3 is 14.0 Å². The lowest BCUT2D eigenvalue weighted by molar-refractivity contribution is -0.144. The third kappa shape index (κ3) is 4.78. The first kappa shape index (κ1) is 21.5. The first-order valence-corrected chi connectivity index (χ1v) is 10.9. The van der Waals surface area contributed by atoms with Crippen LogP contribution in [0.15, 0.2) is 54.7 Å². The van der Waals surface area contributed by atoms with Crippen molar-refractivity contribution >= 4 is 17.6 Å². The molecule has 6 heteroatoms. The number of nitrogens with zero attached hydrogens (tertiary/aromatic N) is 2. The van der Waals surface area contributed by atoms with E-state index in [2.05, 4.69) is 39.9 Å². The number of carbonyl (C=O) groups excluding carboxylic acids is 1. The molecule has 0 saturated carbocycles. The lowest BCUT2D eigenvalue weighted by Crippen LogP contribution is -2.36. The molecule has 0 N–H and O–H groups in total. The van der Waals surface area contributed by atoms with Crippen LogP contribution in [0.2, 0.25) is 5.02 Å². The van der Waals surface area contributed by atoms with Crippen molar-refractivity contribution in [2.75, 3.05) is 26.8 Å². The minimum Gasteiger partial charge on any atom is -0.497 e. The molecule has 2 aromatic carbocycles. The molecular formula is C25H27ClN2O3. The molecule has 5 nitrogen and oxygen atoms in total. The molecule has 0 spiro atoms. The molecule has 1 aliphatic rings. The van der Waals surface area contributed by atoms with Crippen LogP contribution in [-0.4, -0.2) is 42.2 Å². The van der Waals surface area contributed by atoms with Crippen LogP contribution in [-0.2, 0) is 29.0 Å². The predicted molar refractivity (Wildman–Crippen MR) is 123 cm³/mol. The minimum absolute atomic E-state index is 0.182. The summed E-state index contributed by atoms with van der Waals surface area (Å²) in [5.74, 6) is 0.550. The number of rotatable bonds is 7. The van der Waals surface area contributed by atoms with Crippen molar-refractivity contribution in [2.45, 2.75) is 26.4 Å². The summed E-state index contributed by atoms with van der Waals surface area (Å²) in [7, 11) is 1.64. The van der Waals surface area contributed by atoms with Gasteiger partial charge in [0.05, 0.1) is 25.3 Å². The Morgan fingerprint density at radius 1 is 1.13 bits per heavy atom. The van der Waals surface area contributed by atoms with Crippen LogP contribution in [0.25, 0.3) is 11.1 Å². The summed E-state index contributed by atoms with van der Waals surface area (Å²) in [4.78, 5) is 14.2. The highest BCUT2D eigenvalue weighted by Crippen LogP contribution is 2.38. The molecule has 2 heterocycles. The first-order chi connectivity index (χ1) is 15.1. The van der Waals surface area contributed by atoms with E-state index in [-0.39, 0.29) is 5.97 Å². The maximum absolute atomic E-state index is 12.0. The molecule has 162 valence electrons. The first-order valence-electron chi connectivity index (χ1n) is 10.6. The summed E-state index contributed by atoms with van der Waals surface area (Å²) in [5, 5.41) is 0.654. The van der Waals surface area contributed by atoms with Gasteiger partial charge in [0.1, 0.15) is 5.75 Å². The molecule has 31 heavy (non-hydrogen) atoms. The number of esters is 1. The molecule has 0 bridgehead atoms. The van der Waals surface area contributed by atoms with Crippen molar-refractivity contribution in [3.8, 4) is 16.9 Å². The van der Waals surface area contributed by atoms with Gasteiger partial charge in [-0.3, -0.25) is 9.69 Å². The van der Waals surface area contributed by atoms with E-state index in [1.54, 1.807) is 7.11 Å². The number of ether oxygens (including phenoxy) is 2. The van der Waals surface area contributed by atoms with E-state index in [0.29, 0.717) is 24.7 Å². The summed E-state index contributed by atoms with van der Waals surface area (Å²) in [6, 6.07) is 16.2. The quantitative estimate of drug-likeness (QED) is 0.497. The van der Waals surface area contributed by atoms with Crippen molar-refractivity contribution in [2.24, 2.45) is 0 Å². The van der Waals surface area contributed by atoms with E-state index in [1.807, 2.05) is 31.2 Å². The van der Waals surface area contributed by atoms with Crippen molar-refractivity contribution in [1.82, 2.24) is 9.47 Å². The average Bonchev–Trinajstić information content (AvgIpc) is 3.11. The standard InChI is InChI=1S/C25H27ClN2O3/c1-3-31-25(29)17-27-12-11-24-22(15-27)21(20-10-9-19(30-2)13-23(20)26)16-28(24)14-18-7-5-4-6-8-18/h4-10,13,16H,3,11-12,14-15,17H2,1-2H3. The predicted octanol–water partition coefficient (Wildman–Crippen LogP) is 4.79. The Labute approximate surface area is 188 Å². The van der Waals surface area contributed by atoms with Crippen molar-refractivity contribution in [3.63, 3.8) is 0 Å². The molecule has 1 aromatic heterocycles. The van der Waals surface area contributed by atoms with Crippen LogP contribution in [0.1, 0.15) is 23.7 Å². The number of hydrogen-bond acceptors (Lipinski definition) is 4. The fourth-order valence-corrected chi connectivity index (χ4v) is 4.47. The van der Waals surface area contributed by atoms with Crippen LogP contribution in [0, 0.1) is 0 Å². The number of hydrogen-bond donors (Lipinski definition) is 0. The number of methoxy groups -OCH3 is 1. The molecule has 1 aliphatic heterocycles. The van der Waals surface area contributed by atoms with Gasteiger partial charge >= 0.3 is 5.97 Å². The summed E-state index contributed by atoms with van der Waals surface area (Å²) in [5.41, 5.74) is 5.85. The zero-order chi connectivity index (χ0) is 21.8. The highest BCUT2D eigenvalue weighted by atomic mass is 35.5. The van der Waals surface area contributed by atoms with Crippen molar-refractivity contribution in [1.29, 1.82) is 0 Å². The van der Waals surface area contributed by atoms with Crippen LogP contribution in [0.3, 0.4) is 0 Å². The normalized spacial score (nSPS) is 13.6. The summed E-state index contributed by atoms with van der Waals surface area (Å²) in [6.45, 7) is 4.84. The SMILES string of the molecule is CCOC(=O)CN1CCc2c(c(-c3ccc(OC)cc3Cl)cn2Cc2ccccc2)C1. The van der Waals surface area contributed by atoms with Gasteiger partial charge in [-0.1, -0.05) is 41.9 Å². The smallest absolute Gasteiger partial charge is 0.320 e. The summed E-state index contributed by atoms with van der Waals surface area (Å²) < 4.78 is 12.8. The van der Waals surface area contributed by atoms with E-state index < -0.39 is 0 Å². The second-order valence-corrected chi connectivity index (χ2v) is 8.10. The molecule has 3 aromatic rings. The van der Waals surface area contributed by atoms with Gasteiger partial charge in [0, 0.05) is 49.1 Å². The van der Waals surface area contributed by atoms with Crippen LogP contribution >= 0.6 is 11.6 Å². The second kappa shape index (κ2) is 9.58. The Morgan fingerprint density at radius 3 is 2.65 bits per heavy atom. The van der Waals surface area contributed by atoms with Crippen molar-refractivity contribution < 1.29 is 14.3 Å². The molecule has 0 saturated heterocycles. The van der Waals surface area contributed by atoms with Crippen LogP contribution < -0.4 is 4.74 Å². The Kier molecular flexibility index (Phi) is 6.64. The van der Waals surface area contributed by atoms with E-state index in [4.69, 9.17) is 21.1 Å². The second-order valence-electron chi connectivity index (χ2n) is 7.69. The molecule has 4 rings (SSSR count). The number of carbonyl (C=O) groups is 1. The Bertz CT molecular complexity index is 1060. The number of aromatic nitrogens is 1. The Balaban J connectivity index is 1.71. The summed E-state index contributed by atoms with van der Waals surface area (Å²) >= 11 is 6.64. The average molecular weight is 439 g/mol. The molecule has 0 atom stereocenters. The van der Waals surface area contributed by atoms with Gasteiger partial charge in [0.25, 0.3) is 0 Å². The Hall–Kier alpha value is -2.76. The minimum atomic E-state index is -0.182. The van der Waals surface area contributed by atoms with E-state index in [0.717, 1.165) is 36.4 Å². The molecule has 0 aliphatic carbocycles. The molecule has 0 amide bonds. The fraction of sp³-hybridized carbons (Fsp3) is 0.320. The lowest BCUT2D eigenvalue weighted by Gasteiger charge is -2.28. The maximum Gasteiger partial charge on any atom is 0.320 e. The number of fused-ring (bicyclic) bond motifs is 1. The van der Waals surface area contributed by atoms with Crippen LogP contribution in [0.5, 0.6) is 5.75 Å². The third-order valence-corrected chi connectivity index (χ3v) is 5.98. The Morgan fingerprint density at radius 2 is 1.94 bits per heavy atom. The van der Waals surface area contributed by atoms with E-state index in [9.17, 15) is 4.79 Å².